The monoisotopic (exact) mass is 192 g/mol. The number of para-hydroxylation sites is 1. The molecule has 2 rings (SSSR count). The number of nitrogens with zero attached hydrogens (tertiary/aromatic N) is 1. The lowest BCUT2D eigenvalue weighted by molar-refractivity contribution is 0.164. The van der Waals surface area contributed by atoms with Gasteiger partial charge < -0.3 is 5.32 Å². The Hall–Kier alpha value is -1.06. The number of hydrogen-bond acceptors (Lipinski definition) is 3. The first kappa shape index (κ1) is 9.49. The van der Waals surface area contributed by atoms with Crippen molar-refractivity contribution in [2.45, 2.75) is 13.0 Å². The van der Waals surface area contributed by atoms with E-state index in [2.05, 4.69) is 23.5 Å². The maximum absolute atomic E-state index is 5.36. The molecule has 0 amide bonds. The summed E-state index contributed by atoms with van der Waals surface area (Å²) in [5.74, 6) is 0. The fourth-order valence-electron chi connectivity index (χ4n) is 1.78. The molecule has 1 N–H and O–H groups in total. The number of rotatable bonds is 1. The molecule has 0 saturated heterocycles. The van der Waals surface area contributed by atoms with Gasteiger partial charge in [0.2, 0.25) is 0 Å². The Kier molecular flexibility index (Phi) is 3.01. The Bertz CT molecular complexity index is 301. The van der Waals surface area contributed by atoms with Crippen molar-refractivity contribution in [1.82, 2.24) is 5.32 Å². The Labute approximate surface area is 84.6 Å². The van der Waals surface area contributed by atoms with Gasteiger partial charge in [0.1, 0.15) is 0 Å². The molecule has 0 aliphatic carbocycles. The van der Waals surface area contributed by atoms with Crippen molar-refractivity contribution in [2.75, 3.05) is 25.3 Å². The Morgan fingerprint density at radius 3 is 3.07 bits per heavy atom. The molecule has 0 aromatic heterocycles. The van der Waals surface area contributed by atoms with Crippen LogP contribution in [0, 0.1) is 0 Å². The molecule has 0 bridgehead atoms. The van der Waals surface area contributed by atoms with Gasteiger partial charge in [0.25, 0.3) is 0 Å². The first-order valence-corrected chi connectivity index (χ1v) is 5.02. The molecule has 1 heterocycles. The molecule has 0 fully saturated rings. The van der Waals surface area contributed by atoms with E-state index in [0.29, 0.717) is 0 Å². The van der Waals surface area contributed by atoms with Crippen LogP contribution in [0.25, 0.3) is 0 Å². The fourth-order valence-corrected chi connectivity index (χ4v) is 1.78. The van der Waals surface area contributed by atoms with Crippen molar-refractivity contribution >= 4 is 5.69 Å². The zero-order valence-electron chi connectivity index (χ0n) is 8.49. The van der Waals surface area contributed by atoms with Gasteiger partial charge in [-0.15, -0.1) is 0 Å². The van der Waals surface area contributed by atoms with E-state index in [-0.39, 0.29) is 0 Å². The van der Waals surface area contributed by atoms with Gasteiger partial charge in [-0.1, -0.05) is 18.2 Å². The van der Waals surface area contributed by atoms with E-state index in [0.717, 1.165) is 26.1 Å². The van der Waals surface area contributed by atoms with Crippen LogP contribution in [-0.2, 0) is 11.4 Å². The minimum Gasteiger partial charge on any atom is -0.313 e. The van der Waals surface area contributed by atoms with Gasteiger partial charge in [-0.05, 0) is 24.6 Å². The summed E-state index contributed by atoms with van der Waals surface area (Å²) in [7, 11) is 1.73. The van der Waals surface area contributed by atoms with E-state index in [4.69, 9.17) is 4.84 Å². The lowest BCUT2D eigenvalue weighted by atomic mass is 10.1. The average Bonchev–Trinajstić information content (AvgIpc) is 2.20. The molecule has 0 atom stereocenters. The SMILES string of the molecule is CON1CCCNCc2ccccc21. The molecule has 76 valence electrons. The minimum atomic E-state index is 0.927. The van der Waals surface area contributed by atoms with Crippen LogP contribution in [0.15, 0.2) is 24.3 Å². The first-order chi connectivity index (χ1) is 6.92. The lowest BCUT2D eigenvalue weighted by Crippen LogP contribution is -2.30. The molecule has 1 aliphatic rings. The first-order valence-electron chi connectivity index (χ1n) is 5.02. The average molecular weight is 192 g/mol. The summed E-state index contributed by atoms with van der Waals surface area (Å²) in [6.07, 6.45) is 1.11. The predicted octanol–water partition coefficient (Wildman–Crippen LogP) is 1.55. The highest BCUT2D eigenvalue weighted by Crippen LogP contribution is 2.21. The highest BCUT2D eigenvalue weighted by Gasteiger charge is 2.12. The van der Waals surface area contributed by atoms with Crippen molar-refractivity contribution in [2.24, 2.45) is 0 Å². The third kappa shape index (κ3) is 1.89. The van der Waals surface area contributed by atoms with E-state index >= 15 is 0 Å². The molecule has 1 aliphatic heterocycles. The van der Waals surface area contributed by atoms with Crippen molar-refractivity contribution in [3.63, 3.8) is 0 Å². The molecule has 0 spiro atoms. The summed E-state index contributed by atoms with van der Waals surface area (Å²) in [6, 6.07) is 8.36. The minimum absolute atomic E-state index is 0.927. The van der Waals surface area contributed by atoms with Crippen molar-refractivity contribution in [3.05, 3.63) is 29.8 Å². The van der Waals surface area contributed by atoms with Crippen molar-refractivity contribution < 1.29 is 4.84 Å². The second-order valence-corrected chi connectivity index (χ2v) is 3.44. The van der Waals surface area contributed by atoms with Crippen molar-refractivity contribution in [3.8, 4) is 0 Å². The topological polar surface area (TPSA) is 24.5 Å². The zero-order chi connectivity index (χ0) is 9.80. The van der Waals surface area contributed by atoms with E-state index in [1.807, 2.05) is 11.1 Å². The third-order valence-corrected chi connectivity index (χ3v) is 2.51. The van der Waals surface area contributed by atoms with E-state index in [1.165, 1.54) is 11.3 Å². The number of hydrogen-bond donors (Lipinski definition) is 1. The predicted molar refractivity (Wildman–Crippen MR) is 57.1 cm³/mol. The molecule has 0 radical (unpaired) electrons. The summed E-state index contributed by atoms with van der Waals surface area (Å²) < 4.78 is 0. The molecule has 0 saturated carbocycles. The quantitative estimate of drug-likeness (QED) is 0.730. The van der Waals surface area contributed by atoms with Crippen LogP contribution < -0.4 is 10.4 Å². The molecular weight excluding hydrogens is 176 g/mol. The normalized spacial score (nSPS) is 17.1. The second kappa shape index (κ2) is 4.44. The van der Waals surface area contributed by atoms with Gasteiger partial charge in [-0.3, -0.25) is 9.90 Å². The van der Waals surface area contributed by atoms with Gasteiger partial charge in [-0.2, -0.15) is 0 Å². The zero-order valence-corrected chi connectivity index (χ0v) is 8.49. The van der Waals surface area contributed by atoms with Crippen molar-refractivity contribution in [1.29, 1.82) is 0 Å². The standard InChI is InChI=1S/C11H16N2O/c1-14-13-8-4-7-12-9-10-5-2-3-6-11(10)13/h2-3,5-6,12H,4,7-9H2,1H3. The number of fused-ring (bicyclic) bond motifs is 1. The largest absolute Gasteiger partial charge is 0.313 e. The van der Waals surface area contributed by atoms with Gasteiger partial charge in [0, 0.05) is 13.1 Å². The Balaban J connectivity index is 2.31. The van der Waals surface area contributed by atoms with Gasteiger partial charge in [-0.25, -0.2) is 0 Å². The molecular formula is C11H16N2O. The summed E-state index contributed by atoms with van der Waals surface area (Å²) in [5, 5.41) is 5.37. The van der Waals surface area contributed by atoms with Crippen LogP contribution in [0.5, 0.6) is 0 Å². The lowest BCUT2D eigenvalue weighted by Gasteiger charge is -2.26. The van der Waals surface area contributed by atoms with Gasteiger partial charge in [0.15, 0.2) is 0 Å². The van der Waals surface area contributed by atoms with Crippen LogP contribution in [0.3, 0.4) is 0 Å². The summed E-state index contributed by atoms with van der Waals surface area (Å²) >= 11 is 0. The maximum atomic E-state index is 5.36. The maximum Gasteiger partial charge on any atom is 0.0681 e. The van der Waals surface area contributed by atoms with Crippen LogP contribution >= 0.6 is 0 Å². The molecule has 1 aromatic carbocycles. The fraction of sp³-hybridized carbons (Fsp3) is 0.455. The van der Waals surface area contributed by atoms with E-state index < -0.39 is 0 Å². The molecule has 3 nitrogen and oxygen atoms in total. The molecule has 1 aromatic rings. The Morgan fingerprint density at radius 1 is 1.36 bits per heavy atom. The molecule has 0 unspecified atom stereocenters. The third-order valence-electron chi connectivity index (χ3n) is 2.51. The van der Waals surface area contributed by atoms with Crippen LogP contribution in [0.2, 0.25) is 0 Å². The molecule has 3 heteroatoms. The number of hydroxylamine groups is 1. The number of benzene rings is 1. The smallest absolute Gasteiger partial charge is 0.0681 e. The van der Waals surface area contributed by atoms with Crippen LogP contribution in [-0.4, -0.2) is 20.2 Å². The van der Waals surface area contributed by atoms with Crippen LogP contribution in [0.1, 0.15) is 12.0 Å². The van der Waals surface area contributed by atoms with Gasteiger partial charge >= 0.3 is 0 Å². The summed E-state index contributed by atoms with van der Waals surface area (Å²) in [4.78, 5) is 5.36. The summed E-state index contributed by atoms with van der Waals surface area (Å²) in [5.41, 5.74) is 2.48. The summed E-state index contributed by atoms with van der Waals surface area (Å²) in [6.45, 7) is 2.92. The highest BCUT2D eigenvalue weighted by atomic mass is 16.7. The molecule has 14 heavy (non-hydrogen) atoms. The van der Waals surface area contributed by atoms with E-state index in [1.54, 1.807) is 7.11 Å². The Morgan fingerprint density at radius 2 is 2.21 bits per heavy atom. The number of nitrogens with one attached hydrogen (secondary N) is 1. The van der Waals surface area contributed by atoms with Crippen LogP contribution in [0.4, 0.5) is 5.69 Å². The number of anilines is 1. The second-order valence-electron chi connectivity index (χ2n) is 3.44. The highest BCUT2D eigenvalue weighted by molar-refractivity contribution is 5.51. The van der Waals surface area contributed by atoms with Gasteiger partial charge in [0.05, 0.1) is 12.8 Å². The van der Waals surface area contributed by atoms with E-state index in [9.17, 15) is 0 Å².